The fourth-order valence-corrected chi connectivity index (χ4v) is 2.52. The number of hydrogen-bond acceptors (Lipinski definition) is 5. The molecule has 2 aromatic carbocycles. The average Bonchev–Trinajstić information content (AvgIpc) is 3.14. The first-order chi connectivity index (χ1) is 13.1. The van der Waals surface area contributed by atoms with Crippen LogP contribution in [0.15, 0.2) is 53.1 Å². The Kier molecular flexibility index (Phi) is 6.68. The summed E-state index contributed by atoms with van der Waals surface area (Å²) < 4.78 is 10.7. The molecule has 0 unspecified atom stereocenters. The summed E-state index contributed by atoms with van der Waals surface area (Å²) in [7, 11) is 0. The molecule has 3 rings (SSSR count). The first-order valence-corrected chi connectivity index (χ1v) is 9.09. The Morgan fingerprint density at radius 1 is 1.04 bits per heavy atom. The predicted octanol–water partition coefficient (Wildman–Crippen LogP) is 4.17. The molecule has 1 aromatic heterocycles. The maximum Gasteiger partial charge on any atom is 0.227 e. The molecule has 1 N–H and O–H groups in total. The van der Waals surface area contributed by atoms with Crippen molar-refractivity contribution >= 4 is 29.1 Å². The molecule has 1 amide bonds. The molecule has 0 saturated heterocycles. The van der Waals surface area contributed by atoms with Crippen molar-refractivity contribution in [1.29, 1.82) is 0 Å². The Bertz CT molecular complexity index is 880. The van der Waals surface area contributed by atoms with E-state index < -0.39 is 0 Å². The maximum atomic E-state index is 11.9. The number of aromatic nitrogens is 2. The molecule has 0 bridgehead atoms. The van der Waals surface area contributed by atoms with Crippen LogP contribution in [0.25, 0.3) is 11.4 Å². The van der Waals surface area contributed by atoms with Gasteiger partial charge in [0.1, 0.15) is 12.4 Å². The van der Waals surface area contributed by atoms with E-state index in [4.69, 9.17) is 32.5 Å². The van der Waals surface area contributed by atoms with Crippen molar-refractivity contribution in [2.45, 2.75) is 12.8 Å². The van der Waals surface area contributed by atoms with Gasteiger partial charge in [-0.15, -0.1) is 0 Å². The van der Waals surface area contributed by atoms with Gasteiger partial charge in [0.2, 0.25) is 17.6 Å². The molecule has 6 nitrogen and oxygen atoms in total. The van der Waals surface area contributed by atoms with Crippen molar-refractivity contribution in [3.05, 3.63) is 64.5 Å². The van der Waals surface area contributed by atoms with E-state index in [2.05, 4.69) is 15.5 Å². The minimum atomic E-state index is -0.110. The highest BCUT2D eigenvalue weighted by Crippen LogP contribution is 2.19. The van der Waals surface area contributed by atoms with Gasteiger partial charge in [-0.1, -0.05) is 28.4 Å². The van der Waals surface area contributed by atoms with Gasteiger partial charge in [-0.3, -0.25) is 4.79 Å². The molecule has 27 heavy (non-hydrogen) atoms. The number of carbonyl (C=O) groups is 1. The van der Waals surface area contributed by atoms with Crippen LogP contribution in [0, 0.1) is 0 Å². The number of amides is 1. The van der Waals surface area contributed by atoms with Gasteiger partial charge in [-0.05, 0) is 48.5 Å². The smallest absolute Gasteiger partial charge is 0.227 e. The number of carbonyl (C=O) groups excluding carboxylic acids is 1. The summed E-state index contributed by atoms with van der Waals surface area (Å²) in [5, 5.41) is 7.99. The van der Waals surface area contributed by atoms with Crippen LogP contribution in [0.3, 0.4) is 0 Å². The lowest BCUT2D eigenvalue weighted by atomic mass is 10.2. The monoisotopic (exact) mass is 405 g/mol. The highest BCUT2D eigenvalue weighted by Gasteiger charge is 2.10. The summed E-state index contributed by atoms with van der Waals surface area (Å²) in [5.74, 6) is 1.47. The van der Waals surface area contributed by atoms with Crippen LogP contribution in [0.1, 0.15) is 12.3 Å². The summed E-state index contributed by atoms with van der Waals surface area (Å²) in [6.45, 7) is 0.774. The number of nitrogens with zero attached hydrogens (tertiary/aromatic N) is 2. The zero-order chi connectivity index (χ0) is 19.1. The van der Waals surface area contributed by atoms with E-state index in [0.29, 0.717) is 47.1 Å². The fraction of sp³-hybridized carbons (Fsp3) is 0.211. The van der Waals surface area contributed by atoms with E-state index in [1.807, 2.05) is 12.1 Å². The standard InChI is InChI=1S/C19H17Cl2N3O3/c20-14-3-1-13(2-4-14)19-23-18(27-24-19)10-9-17(25)22-11-12-26-16-7-5-15(21)6-8-16/h1-8H,9-12H2,(H,22,25). The van der Waals surface area contributed by atoms with Crippen LogP contribution >= 0.6 is 23.2 Å². The second kappa shape index (κ2) is 9.39. The van der Waals surface area contributed by atoms with Crippen molar-refractivity contribution in [3.8, 4) is 17.1 Å². The van der Waals surface area contributed by atoms with Crippen molar-refractivity contribution in [1.82, 2.24) is 15.5 Å². The van der Waals surface area contributed by atoms with Crippen molar-refractivity contribution in [2.75, 3.05) is 13.2 Å². The molecule has 8 heteroatoms. The van der Waals surface area contributed by atoms with Crippen molar-refractivity contribution in [2.24, 2.45) is 0 Å². The number of nitrogens with one attached hydrogen (secondary N) is 1. The number of halogens is 2. The lowest BCUT2D eigenvalue weighted by molar-refractivity contribution is -0.121. The Labute approximate surface area is 166 Å². The van der Waals surface area contributed by atoms with E-state index in [9.17, 15) is 4.79 Å². The Morgan fingerprint density at radius 3 is 2.41 bits per heavy atom. The molecule has 3 aromatic rings. The van der Waals surface area contributed by atoms with Crippen LogP contribution in [0.5, 0.6) is 5.75 Å². The van der Waals surface area contributed by atoms with Gasteiger partial charge >= 0.3 is 0 Å². The average molecular weight is 406 g/mol. The number of hydrogen-bond donors (Lipinski definition) is 1. The van der Waals surface area contributed by atoms with Crippen LogP contribution < -0.4 is 10.1 Å². The van der Waals surface area contributed by atoms with Crippen LogP contribution in [-0.4, -0.2) is 29.2 Å². The van der Waals surface area contributed by atoms with Crippen molar-refractivity contribution < 1.29 is 14.1 Å². The van der Waals surface area contributed by atoms with E-state index in [-0.39, 0.29) is 12.3 Å². The highest BCUT2D eigenvalue weighted by molar-refractivity contribution is 6.30. The van der Waals surface area contributed by atoms with Gasteiger partial charge in [0.05, 0.1) is 6.54 Å². The summed E-state index contributed by atoms with van der Waals surface area (Å²) in [4.78, 5) is 16.2. The molecule has 0 spiro atoms. The molecule has 0 fully saturated rings. The zero-order valence-electron chi connectivity index (χ0n) is 14.3. The SMILES string of the molecule is O=C(CCc1nc(-c2ccc(Cl)cc2)no1)NCCOc1ccc(Cl)cc1. The number of benzene rings is 2. The molecule has 0 radical (unpaired) electrons. The largest absolute Gasteiger partial charge is 0.492 e. The Hall–Kier alpha value is -2.57. The number of aryl methyl sites for hydroxylation is 1. The van der Waals surface area contributed by atoms with Gasteiger partial charge in [-0.25, -0.2) is 0 Å². The molecular weight excluding hydrogens is 389 g/mol. The van der Waals surface area contributed by atoms with Gasteiger partial charge < -0.3 is 14.6 Å². The Balaban J connectivity index is 1.38. The highest BCUT2D eigenvalue weighted by atomic mass is 35.5. The predicted molar refractivity (Wildman–Crippen MR) is 103 cm³/mol. The molecule has 0 aliphatic rings. The molecule has 1 heterocycles. The first kappa shape index (κ1) is 19.2. The van der Waals surface area contributed by atoms with Gasteiger partial charge in [-0.2, -0.15) is 4.98 Å². The molecule has 0 aliphatic carbocycles. The third-order valence-corrected chi connectivity index (χ3v) is 4.15. The van der Waals surface area contributed by atoms with Gasteiger partial charge in [0, 0.05) is 28.5 Å². The van der Waals surface area contributed by atoms with Crippen LogP contribution in [0.4, 0.5) is 0 Å². The Morgan fingerprint density at radius 2 is 1.70 bits per heavy atom. The number of rotatable bonds is 8. The second-order valence-corrected chi connectivity index (χ2v) is 6.54. The molecule has 0 saturated carbocycles. The topological polar surface area (TPSA) is 77.2 Å². The molecule has 140 valence electrons. The molecule has 0 aliphatic heterocycles. The van der Waals surface area contributed by atoms with Crippen LogP contribution in [0.2, 0.25) is 10.0 Å². The van der Waals surface area contributed by atoms with E-state index >= 15 is 0 Å². The second-order valence-electron chi connectivity index (χ2n) is 5.67. The first-order valence-electron chi connectivity index (χ1n) is 8.34. The van der Waals surface area contributed by atoms with E-state index in [1.54, 1.807) is 36.4 Å². The van der Waals surface area contributed by atoms with Gasteiger partial charge in [0.25, 0.3) is 0 Å². The minimum Gasteiger partial charge on any atom is -0.492 e. The quantitative estimate of drug-likeness (QED) is 0.568. The summed E-state index contributed by atoms with van der Waals surface area (Å²) in [5.41, 5.74) is 0.804. The minimum absolute atomic E-state index is 0.110. The lowest BCUT2D eigenvalue weighted by Crippen LogP contribution is -2.28. The third kappa shape index (κ3) is 5.98. The maximum absolute atomic E-state index is 11.9. The normalized spacial score (nSPS) is 10.6. The molecular formula is C19H17Cl2N3O3. The number of ether oxygens (including phenoxy) is 1. The third-order valence-electron chi connectivity index (χ3n) is 3.64. The molecule has 0 atom stereocenters. The lowest BCUT2D eigenvalue weighted by Gasteiger charge is -2.07. The van der Waals surface area contributed by atoms with Crippen LogP contribution in [-0.2, 0) is 11.2 Å². The summed E-state index contributed by atoms with van der Waals surface area (Å²) >= 11 is 11.7. The summed E-state index contributed by atoms with van der Waals surface area (Å²) in [6.07, 6.45) is 0.619. The van der Waals surface area contributed by atoms with Gasteiger partial charge in [0.15, 0.2) is 0 Å². The van der Waals surface area contributed by atoms with E-state index in [1.165, 1.54) is 0 Å². The van der Waals surface area contributed by atoms with E-state index in [0.717, 1.165) is 5.56 Å². The van der Waals surface area contributed by atoms with Crippen molar-refractivity contribution in [3.63, 3.8) is 0 Å². The zero-order valence-corrected chi connectivity index (χ0v) is 15.8. The summed E-state index contributed by atoms with van der Waals surface area (Å²) in [6, 6.07) is 14.2. The fourth-order valence-electron chi connectivity index (χ4n) is 2.27.